The molecule has 0 amide bonds. The van der Waals surface area contributed by atoms with Crippen LogP contribution >= 0.6 is 0 Å². The summed E-state index contributed by atoms with van der Waals surface area (Å²) in [5.74, 6) is 0. The summed E-state index contributed by atoms with van der Waals surface area (Å²) in [6, 6.07) is -0.765. The van der Waals surface area contributed by atoms with Gasteiger partial charge in [0.15, 0.2) is 0 Å². The van der Waals surface area contributed by atoms with E-state index in [0.717, 1.165) is 0 Å². The van der Waals surface area contributed by atoms with E-state index in [2.05, 4.69) is 0 Å². The fourth-order valence-electron chi connectivity index (χ4n) is 1.000. The molecule has 86 valence electrons. The molecule has 0 saturated carbocycles. The molecule has 14 heavy (non-hydrogen) atoms. The monoisotopic (exact) mass is 228 g/mol. The molecule has 0 aliphatic carbocycles. The molecule has 0 aliphatic heterocycles. The smallest absolute Gasteiger partial charge is 0.202 e. The van der Waals surface area contributed by atoms with Crippen molar-refractivity contribution < 1.29 is 28.3 Å². The topological polar surface area (TPSA) is 121 Å². The maximum absolute atomic E-state index is 10.4. The molecule has 2 unspecified atom stereocenters. The summed E-state index contributed by atoms with van der Waals surface area (Å²) >= 11 is 0. The van der Waals surface area contributed by atoms with E-state index in [1.54, 1.807) is 6.92 Å². The van der Waals surface area contributed by atoms with E-state index < -0.39 is 35.1 Å². The van der Waals surface area contributed by atoms with Gasteiger partial charge in [-0.3, -0.25) is 0 Å². The summed E-state index contributed by atoms with van der Waals surface area (Å²) in [6.45, 7) is 0.346. The Morgan fingerprint density at radius 3 is 2.14 bits per heavy atom. The van der Waals surface area contributed by atoms with Gasteiger partial charge in [-0.2, -0.15) is 0 Å². The highest BCUT2D eigenvalue weighted by Crippen LogP contribution is 2.09. The molecule has 7 nitrogen and oxygen atoms in total. The van der Waals surface area contributed by atoms with Crippen molar-refractivity contribution in [3.63, 3.8) is 0 Å². The highest BCUT2D eigenvalue weighted by atomic mass is 32.2. The van der Waals surface area contributed by atoms with Gasteiger partial charge in [-0.25, -0.2) is 13.3 Å². The summed E-state index contributed by atoms with van der Waals surface area (Å²) in [5, 5.41) is 26.6. The Bertz CT molecular complexity index is 249. The fourth-order valence-corrected chi connectivity index (χ4v) is 1.57. The fraction of sp³-hybridized carbons (Fsp3) is 1.00. The number of rotatable bonds is 6. The van der Waals surface area contributed by atoms with Gasteiger partial charge in [-0.1, -0.05) is 6.92 Å². The first-order valence-electron chi connectivity index (χ1n) is 3.98. The Balaban J connectivity index is 4.71. The second-order valence-corrected chi connectivity index (χ2v) is 4.13. The van der Waals surface area contributed by atoms with Crippen LogP contribution in [0.3, 0.4) is 0 Å². The van der Waals surface area contributed by atoms with Crippen molar-refractivity contribution in [3.8, 4) is 0 Å². The second kappa shape index (κ2) is 5.59. The second-order valence-electron chi connectivity index (χ2n) is 2.72. The van der Waals surface area contributed by atoms with E-state index in [1.165, 1.54) is 0 Å². The zero-order chi connectivity index (χ0) is 11.4. The summed E-state index contributed by atoms with van der Waals surface area (Å²) in [6.07, 6.45) is 0.295. The number of aliphatic hydroxyl groups excluding tert-OH is 3. The molecule has 0 spiro atoms. The Labute approximate surface area is 82.3 Å². The third-order valence-electron chi connectivity index (χ3n) is 1.86. The van der Waals surface area contributed by atoms with E-state index in [1.807, 2.05) is 0 Å². The minimum Gasteiger partial charge on any atom is -0.745 e. The molecular formula is C6H14NO6S-. The maximum Gasteiger partial charge on any atom is 0.202 e. The molecule has 0 fully saturated rings. The quantitative estimate of drug-likeness (QED) is 0.349. The minimum absolute atomic E-state index is 0.295. The van der Waals surface area contributed by atoms with Crippen LogP contribution in [0, 0.1) is 0 Å². The van der Waals surface area contributed by atoms with E-state index >= 15 is 0 Å². The van der Waals surface area contributed by atoms with Crippen molar-refractivity contribution in [1.29, 1.82) is 0 Å². The molecule has 0 radical (unpaired) electrons. The lowest BCUT2D eigenvalue weighted by Crippen LogP contribution is -2.49. The first-order chi connectivity index (χ1) is 6.38. The van der Waals surface area contributed by atoms with Gasteiger partial charge in [0.05, 0.1) is 13.3 Å². The molecule has 8 heteroatoms. The normalized spacial score (nSPS) is 17.0. The van der Waals surface area contributed by atoms with Crippen molar-refractivity contribution in [2.75, 3.05) is 13.3 Å². The summed E-state index contributed by atoms with van der Waals surface area (Å²) in [5.41, 5.74) is -2.33. The number of hydrogen-bond donors (Lipinski definition) is 3. The first kappa shape index (κ1) is 13.8. The summed E-state index contributed by atoms with van der Waals surface area (Å²) < 4.78 is 31.3. The third kappa shape index (κ3) is 3.48. The molecule has 0 aromatic heterocycles. The zero-order valence-corrected chi connectivity index (χ0v) is 8.51. The van der Waals surface area contributed by atoms with Crippen LogP contribution in [-0.2, 0) is 10.1 Å². The van der Waals surface area contributed by atoms with E-state index in [4.69, 9.17) is 15.3 Å². The predicted octanol–water partition coefficient (Wildman–Crippen LogP) is -2.17. The predicted molar refractivity (Wildman–Crippen MR) is 45.8 cm³/mol. The molecule has 2 atom stereocenters. The van der Waals surface area contributed by atoms with Crippen LogP contribution in [0.1, 0.15) is 13.3 Å². The van der Waals surface area contributed by atoms with E-state index in [-0.39, 0.29) is 0 Å². The van der Waals surface area contributed by atoms with Crippen LogP contribution in [-0.4, -0.2) is 58.1 Å². The van der Waals surface area contributed by atoms with Gasteiger partial charge in [0.25, 0.3) is 0 Å². The van der Waals surface area contributed by atoms with Gasteiger partial charge in [-0.15, -0.1) is 0 Å². The molecule has 0 aromatic carbocycles. The van der Waals surface area contributed by atoms with Crippen LogP contribution in [0.5, 0.6) is 0 Å². The third-order valence-corrected chi connectivity index (χ3v) is 2.64. The van der Waals surface area contributed by atoms with Crippen LogP contribution in [0.2, 0.25) is 0 Å². The van der Waals surface area contributed by atoms with E-state index in [0.29, 0.717) is 11.3 Å². The van der Waals surface area contributed by atoms with Gasteiger partial charge in [-0.05, 0) is 6.42 Å². The molecule has 0 rings (SSSR count). The van der Waals surface area contributed by atoms with E-state index in [9.17, 15) is 13.0 Å². The lowest BCUT2D eigenvalue weighted by Gasteiger charge is -2.32. The Morgan fingerprint density at radius 1 is 1.43 bits per heavy atom. The van der Waals surface area contributed by atoms with Crippen molar-refractivity contribution in [2.24, 2.45) is 0 Å². The SMILES string of the molecule is CCC(CO)N(CO)C(O)S(=O)(=O)[O-]. The van der Waals surface area contributed by atoms with Gasteiger partial charge in [0.2, 0.25) is 5.56 Å². The van der Waals surface area contributed by atoms with Crippen molar-refractivity contribution >= 4 is 10.1 Å². The number of nitrogens with zero attached hydrogens (tertiary/aromatic N) is 1. The van der Waals surface area contributed by atoms with Crippen molar-refractivity contribution in [2.45, 2.75) is 24.9 Å². The minimum atomic E-state index is -4.92. The standard InChI is InChI=1S/C6H15NO6S/c1-2-5(3-8)7(4-9)6(10)14(11,12)13/h5-6,8-10H,2-4H2,1H3,(H,11,12,13)/p-1. The van der Waals surface area contributed by atoms with Gasteiger partial charge in [0.1, 0.15) is 10.1 Å². The number of hydrogen-bond acceptors (Lipinski definition) is 7. The molecule has 0 aromatic rings. The largest absolute Gasteiger partial charge is 0.745 e. The molecule has 0 saturated heterocycles. The van der Waals surface area contributed by atoms with Crippen LogP contribution in [0.25, 0.3) is 0 Å². The maximum atomic E-state index is 10.4. The lowest BCUT2D eigenvalue weighted by atomic mass is 10.2. The van der Waals surface area contributed by atoms with Crippen LogP contribution < -0.4 is 0 Å². The van der Waals surface area contributed by atoms with Crippen molar-refractivity contribution in [3.05, 3.63) is 0 Å². The average molecular weight is 228 g/mol. The number of aliphatic hydroxyl groups is 3. The molecule has 0 bridgehead atoms. The lowest BCUT2D eigenvalue weighted by molar-refractivity contribution is -0.0472. The van der Waals surface area contributed by atoms with Gasteiger partial charge in [0, 0.05) is 6.04 Å². The summed E-state index contributed by atoms with van der Waals surface area (Å²) in [4.78, 5) is 0.613. The zero-order valence-electron chi connectivity index (χ0n) is 7.70. The molecule has 3 N–H and O–H groups in total. The Morgan fingerprint density at radius 2 is 1.93 bits per heavy atom. The molecular weight excluding hydrogens is 214 g/mol. The molecule has 0 aliphatic rings. The Kier molecular flexibility index (Phi) is 5.49. The Hall–Kier alpha value is -0.250. The van der Waals surface area contributed by atoms with Gasteiger partial charge >= 0.3 is 0 Å². The van der Waals surface area contributed by atoms with Crippen LogP contribution in [0.4, 0.5) is 0 Å². The first-order valence-corrected chi connectivity index (χ1v) is 5.45. The highest BCUT2D eigenvalue weighted by Gasteiger charge is 2.26. The summed E-state index contributed by atoms with van der Waals surface area (Å²) in [7, 11) is -4.92. The highest BCUT2D eigenvalue weighted by molar-refractivity contribution is 7.86. The average Bonchev–Trinajstić information content (AvgIpc) is 2.11. The van der Waals surface area contributed by atoms with Crippen molar-refractivity contribution in [1.82, 2.24) is 4.90 Å². The molecule has 0 heterocycles. The van der Waals surface area contributed by atoms with Gasteiger partial charge < -0.3 is 19.9 Å². The van der Waals surface area contributed by atoms with Crippen LogP contribution in [0.15, 0.2) is 0 Å².